The summed E-state index contributed by atoms with van der Waals surface area (Å²) in [6, 6.07) is 0. The summed E-state index contributed by atoms with van der Waals surface area (Å²) in [5, 5.41) is 0. The van der Waals surface area contributed by atoms with Crippen LogP contribution in [0.2, 0.25) is 0 Å². The second-order valence-electron chi connectivity index (χ2n) is 24.1. The van der Waals surface area contributed by atoms with Crippen molar-refractivity contribution in [2.75, 3.05) is 13.2 Å². The Hall–Kier alpha value is -2.63. The van der Waals surface area contributed by atoms with E-state index in [1.165, 1.54) is 250 Å². The van der Waals surface area contributed by atoms with Gasteiger partial charge in [-0.2, -0.15) is 0 Å². The normalized spacial score (nSPS) is 12.3. The van der Waals surface area contributed by atoms with Gasteiger partial charge >= 0.3 is 17.9 Å². The molecule has 0 aromatic heterocycles. The minimum absolute atomic E-state index is 0.0739. The molecule has 468 valence electrons. The molecule has 0 aliphatic carbocycles. The highest BCUT2D eigenvalue weighted by Crippen LogP contribution is 2.18. The quantitative estimate of drug-likeness (QED) is 0.0261. The monoisotopic (exact) mass is 1120 g/mol. The van der Waals surface area contributed by atoms with Crippen molar-refractivity contribution in [3.63, 3.8) is 0 Å². The second kappa shape index (κ2) is 68.9. The molecule has 0 aliphatic heterocycles. The van der Waals surface area contributed by atoms with Crippen LogP contribution in [0.3, 0.4) is 0 Å². The smallest absolute Gasteiger partial charge is 0.306 e. The summed E-state index contributed by atoms with van der Waals surface area (Å²) in [6.45, 7) is 6.59. The summed E-state index contributed by atoms with van der Waals surface area (Å²) in [7, 11) is 0. The van der Waals surface area contributed by atoms with Crippen LogP contribution in [0.4, 0.5) is 0 Å². The van der Waals surface area contributed by atoms with Gasteiger partial charge < -0.3 is 14.2 Å². The van der Waals surface area contributed by atoms with E-state index in [1.807, 2.05) is 0 Å². The van der Waals surface area contributed by atoms with Crippen molar-refractivity contribution < 1.29 is 28.6 Å². The Labute approximate surface area is 498 Å². The standard InChI is InChI=1S/C74H136O6/c1-4-7-10-13-16-19-22-25-28-30-32-34-35-36-37-38-39-40-42-43-46-49-52-55-58-61-64-67-73(76)79-70-71(69-78-72(75)66-63-60-57-54-51-48-45-27-24-21-18-15-12-9-6-3)80-74(77)68-65-62-59-56-53-50-47-44-41-33-31-29-26-23-20-17-14-11-8-5-2/h9,12,18,21,27,30,32,45,71H,4-8,10-11,13-17,19-20,22-26,28-29,31,33-44,46-70H2,1-3H3/b12-9-,21-18-,32-30-,45-27-. The molecule has 0 aromatic carbocycles. The predicted octanol–water partition coefficient (Wildman–Crippen LogP) is 24.5. The molecule has 0 saturated carbocycles. The zero-order chi connectivity index (χ0) is 57.8. The first kappa shape index (κ1) is 77.4. The molecule has 80 heavy (non-hydrogen) atoms. The minimum Gasteiger partial charge on any atom is -0.462 e. The van der Waals surface area contributed by atoms with Gasteiger partial charge in [0.05, 0.1) is 0 Å². The highest BCUT2D eigenvalue weighted by atomic mass is 16.6. The summed E-state index contributed by atoms with van der Waals surface area (Å²) in [6.07, 6.45) is 87.2. The minimum atomic E-state index is -0.779. The Balaban J connectivity index is 4.25. The molecular formula is C74H136O6. The molecule has 6 nitrogen and oxygen atoms in total. The Morgan fingerprint density at radius 3 is 0.775 bits per heavy atom. The fourth-order valence-corrected chi connectivity index (χ4v) is 10.8. The van der Waals surface area contributed by atoms with E-state index >= 15 is 0 Å². The Morgan fingerprint density at radius 1 is 0.263 bits per heavy atom. The van der Waals surface area contributed by atoms with Crippen molar-refractivity contribution >= 4 is 17.9 Å². The van der Waals surface area contributed by atoms with Crippen LogP contribution < -0.4 is 0 Å². The van der Waals surface area contributed by atoms with E-state index in [2.05, 4.69) is 69.4 Å². The number of hydrogen-bond donors (Lipinski definition) is 0. The van der Waals surface area contributed by atoms with Crippen LogP contribution >= 0.6 is 0 Å². The Morgan fingerprint density at radius 2 is 0.487 bits per heavy atom. The van der Waals surface area contributed by atoms with Gasteiger partial charge in [-0.05, 0) is 77.0 Å². The molecule has 1 unspecified atom stereocenters. The van der Waals surface area contributed by atoms with Gasteiger partial charge in [0.2, 0.25) is 0 Å². The van der Waals surface area contributed by atoms with E-state index in [9.17, 15) is 14.4 Å². The van der Waals surface area contributed by atoms with Crippen LogP contribution in [0, 0.1) is 0 Å². The van der Waals surface area contributed by atoms with E-state index in [0.717, 1.165) is 96.3 Å². The zero-order valence-electron chi connectivity index (χ0n) is 53.9. The van der Waals surface area contributed by atoms with Gasteiger partial charge in [0.25, 0.3) is 0 Å². The first-order valence-corrected chi connectivity index (χ1v) is 35.6. The predicted molar refractivity (Wildman–Crippen MR) is 349 cm³/mol. The highest BCUT2D eigenvalue weighted by Gasteiger charge is 2.19. The lowest BCUT2D eigenvalue weighted by Crippen LogP contribution is -2.30. The highest BCUT2D eigenvalue weighted by molar-refractivity contribution is 5.71. The van der Waals surface area contributed by atoms with Crippen LogP contribution in [0.5, 0.6) is 0 Å². The van der Waals surface area contributed by atoms with E-state index < -0.39 is 6.10 Å². The van der Waals surface area contributed by atoms with Gasteiger partial charge in [-0.3, -0.25) is 14.4 Å². The average Bonchev–Trinajstić information content (AvgIpc) is 3.46. The number of carbonyl (C=O) groups is 3. The molecule has 0 heterocycles. The summed E-state index contributed by atoms with van der Waals surface area (Å²) < 4.78 is 17.0. The van der Waals surface area contributed by atoms with Crippen LogP contribution in [0.25, 0.3) is 0 Å². The Kier molecular flexibility index (Phi) is 66.6. The first-order valence-electron chi connectivity index (χ1n) is 35.6. The number of unbranched alkanes of at least 4 members (excludes halogenated alkanes) is 47. The van der Waals surface area contributed by atoms with Gasteiger partial charge in [0.1, 0.15) is 13.2 Å². The maximum atomic E-state index is 13.0. The Bertz CT molecular complexity index is 1380. The number of allylic oxidation sites excluding steroid dienone is 8. The SMILES string of the molecule is CC/C=C\C/C=C\C/C=C\CCCCCCCC(=O)OCC(COC(=O)CCCCCCCCCCCCCCCCC/C=C\CCCCCCCCCC)OC(=O)CCCCCCCCCCCCCCCCCCCCCC. The second-order valence-corrected chi connectivity index (χ2v) is 24.1. The van der Waals surface area contributed by atoms with E-state index in [1.54, 1.807) is 0 Å². The lowest BCUT2D eigenvalue weighted by Gasteiger charge is -2.18. The summed E-state index contributed by atoms with van der Waals surface area (Å²) >= 11 is 0. The van der Waals surface area contributed by atoms with Crippen LogP contribution in [-0.4, -0.2) is 37.2 Å². The topological polar surface area (TPSA) is 78.9 Å². The first-order chi connectivity index (χ1) is 39.5. The summed E-state index contributed by atoms with van der Waals surface area (Å²) in [4.78, 5) is 38.4. The van der Waals surface area contributed by atoms with Crippen molar-refractivity contribution in [3.05, 3.63) is 48.6 Å². The fourth-order valence-electron chi connectivity index (χ4n) is 10.8. The molecule has 0 aromatic rings. The van der Waals surface area contributed by atoms with Crippen molar-refractivity contribution in [1.29, 1.82) is 0 Å². The van der Waals surface area contributed by atoms with Crippen molar-refractivity contribution in [3.8, 4) is 0 Å². The van der Waals surface area contributed by atoms with Crippen LogP contribution in [0.15, 0.2) is 48.6 Å². The van der Waals surface area contributed by atoms with Crippen molar-refractivity contribution in [2.45, 2.75) is 393 Å². The number of ether oxygens (including phenoxy) is 3. The molecule has 0 N–H and O–H groups in total. The zero-order valence-corrected chi connectivity index (χ0v) is 53.9. The molecule has 0 saturated heterocycles. The molecule has 0 radical (unpaired) electrons. The third kappa shape index (κ3) is 66.2. The molecule has 6 heteroatoms. The number of rotatable bonds is 66. The number of carbonyl (C=O) groups excluding carboxylic acids is 3. The largest absolute Gasteiger partial charge is 0.462 e. The van der Waals surface area contributed by atoms with Crippen molar-refractivity contribution in [2.24, 2.45) is 0 Å². The van der Waals surface area contributed by atoms with Crippen molar-refractivity contribution in [1.82, 2.24) is 0 Å². The molecule has 0 spiro atoms. The third-order valence-corrected chi connectivity index (χ3v) is 16.1. The third-order valence-electron chi connectivity index (χ3n) is 16.1. The molecule has 0 aliphatic rings. The summed E-state index contributed by atoms with van der Waals surface area (Å²) in [5.41, 5.74) is 0. The van der Waals surface area contributed by atoms with Gasteiger partial charge in [-0.15, -0.1) is 0 Å². The lowest BCUT2D eigenvalue weighted by molar-refractivity contribution is -0.167. The van der Waals surface area contributed by atoms with Gasteiger partial charge in [-0.25, -0.2) is 0 Å². The van der Waals surface area contributed by atoms with Gasteiger partial charge in [0.15, 0.2) is 6.10 Å². The lowest BCUT2D eigenvalue weighted by atomic mass is 10.0. The van der Waals surface area contributed by atoms with Crippen LogP contribution in [-0.2, 0) is 28.6 Å². The van der Waals surface area contributed by atoms with E-state index in [0.29, 0.717) is 19.3 Å². The molecule has 0 bridgehead atoms. The van der Waals surface area contributed by atoms with E-state index in [-0.39, 0.29) is 31.1 Å². The molecule has 0 fully saturated rings. The maximum absolute atomic E-state index is 13.0. The van der Waals surface area contributed by atoms with E-state index in [4.69, 9.17) is 14.2 Å². The van der Waals surface area contributed by atoms with Gasteiger partial charge in [0, 0.05) is 19.3 Å². The number of esters is 3. The summed E-state index contributed by atoms with van der Waals surface area (Å²) in [5.74, 6) is -0.864. The molecule has 0 amide bonds. The fraction of sp³-hybridized carbons (Fsp3) is 0.851. The average molecular weight is 1120 g/mol. The maximum Gasteiger partial charge on any atom is 0.306 e. The molecular weight excluding hydrogens is 985 g/mol. The number of hydrogen-bond acceptors (Lipinski definition) is 6. The molecule has 1 atom stereocenters. The van der Waals surface area contributed by atoms with Crippen LogP contribution in [0.1, 0.15) is 387 Å². The molecule has 0 rings (SSSR count). The van der Waals surface area contributed by atoms with Gasteiger partial charge in [-0.1, -0.05) is 339 Å².